The van der Waals surface area contributed by atoms with Gasteiger partial charge in [-0.1, -0.05) is 24.3 Å². The molecule has 3 N–H and O–H groups in total. The van der Waals surface area contributed by atoms with Crippen LogP contribution in [0.15, 0.2) is 53.5 Å². The van der Waals surface area contributed by atoms with Crippen LogP contribution in [0.1, 0.15) is 73.4 Å². The zero-order valence-electron chi connectivity index (χ0n) is 26.7. The molecule has 0 saturated heterocycles. The molecule has 0 aromatic heterocycles. The number of amides is 4. The lowest BCUT2D eigenvalue weighted by Gasteiger charge is -2.32. The molecule has 0 aliphatic rings. The van der Waals surface area contributed by atoms with Crippen LogP contribution in [0.2, 0.25) is 0 Å². The van der Waals surface area contributed by atoms with Crippen LogP contribution in [0.25, 0.3) is 0 Å². The van der Waals surface area contributed by atoms with E-state index in [1.807, 2.05) is 12.1 Å². The smallest absolute Gasteiger partial charge is 0.437 e. The second-order valence-electron chi connectivity index (χ2n) is 12.7. The third-order valence-corrected chi connectivity index (χ3v) is 5.03. The number of nitrogens with zero attached hydrogens (tertiary/aromatic N) is 3. The lowest BCUT2D eigenvalue weighted by molar-refractivity contribution is 0.0126. The first-order valence-corrected chi connectivity index (χ1v) is 13.8. The average molecular weight is 615 g/mol. The van der Waals surface area contributed by atoms with Crippen LogP contribution >= 0.6 is 0 Å². The zero-order valence-corrected chi connectivity index (χ0v) is 26.7. The van der Waals surface area contributed by atoms with E-state index in [1.165, 1.54) is 0 Å². The predicted octanol–water partition coefficient (Wildman–Crippen LogP) is 6.79. The van der Waals surface area contributed by atoms with Crippen molar-refractivity contribution in [3.05, 3.63) is 59.7 Å². The molecule has 2 aromatic rings. The first-order chi connectivity index (χ1) is 20.1. The molecule has 0 aliphatic heterocycles. The van der Waals surface area contributed by atoms with Gasteiger partial charge in [0.15, 0.2) is 0 Å². The number of guanidine groups is 1. The molecular formula is C31H42N4O9. The number of carbonyl (C=O) groups excluding carboxylic acids is 3. The Hall–Kier alpha value is -4.81. The second kappa shape index (κ2) is 14.1. The Morgan fingerprint density at radius 2 is 1.30 bits per heavy atom. The highest BCUT2D eigenvalue weighted by Crippen LogP contribution is 2.21. The number of imide groups is 1. The highest BCUT2D eigenvalue weighted by Gasteiger charge is 2.40. The highest BCUT2D eigenvalue weighted by molar-refractivity contribution is 6.13. The molecule has 0 radical (unpaired) electrons. The van der Waals surface area contributed by atoms with Crippen molar-refractivity contribution in [3.8, 4) is 5.75 Å². The minimum atomic E-state index is -1.63. The number of ether oxygens (including phenoxy) is 4. The predicted molar refractivity (Wildman–Crippen MR) is 163 cm³/mol. The van der Waals surface area contributed by atoms with E-state index in [2.05, 4.69) is 4.99 Å². The summed E-state index contributed by atoms with van der Waals surface area (Å²) in [7, 11) is 0. The molecule has 0 saturated carbocycles. The Bertz CT molecular complexity index is 1340. The molecule has 13 nitrogen and oxygen atoms in total. The zero-order chi connectivity index (χ0) is 33.5. The maximum Gasteiger partial charge on any atom is 0.437 e. The standard InChI is InChI=1S/C31H42N4O9/c1-29(2,3)42-25(36)33-24(35(27(39)43-30(4,5)6)28(40)44-31(7,8)9)34(26(37)38)18-20-13-15-23(16-14-20)41-19-21-11-10-12-22(32)17-21/h10-17H,18-19,32H2,1-9H3,(H,37,38). The van der Waals surface area contributed by atoms with Crippen molar-refractivity contribution in [2.24, 2.45) is 4.99 Å². The minimum absolute atomic E-state index is 0.249. The van der Waals surface area contributed by atoms with Crippen LogP contribution in [0.4, 0.5) is 24.9 Å². The molecule has 0 unspecified atom stereocenters. The Labute approximate surface area is 257 Å². The van der Waals surface area contributed by atoms with E-state index < -0.39 is 53.7 Å². The van der Waals surface area contributed by atoms with Crippen molar-refractivity contribution in [2.75, 3.05) is 5.73 Å². The number of nitrogen functional groups attached to an aromatic ring is 1. The summed E-state index contributed by atoms with van der Waals surface area (Å²) in [6.07, 6.45) is -5.51. The van der Waals surface area contributed by atoms with Gasteiger partial charge in [-0.15, -0.1) is 9.89 Å². The van der Waals surface area contributed by atoms with E-state index in [0.29, 0.717) is 21.9 Å². The van der Waals surface area contributed by atoms with Crippen LogP contribution in [-0.4, -0.2) is 62.0 Å². The second-order valence-corrected chi connectivity index (χ2v) is 12.7. The van der Waals surface area contributed by atoms with Crippen LogP contribution in [-0.2, 0) is 27.4 Å². The number of anilines is 1. The van der Waals surface area contributed by atoms with E-state index in [1.54, 1.807) is 98.7 Å². The summed E-state index contributed by atoms with van der Waals surface area (Å²) in [5.41, 5.74) is 4.45. The SMILES string of the molecule is CC(C)(C)OC(=O)N=C(N(Cc1ccc(OCc2cccc(N)c2)cc1)C(=O)O)N(C(=O)OC(C)(C)C)C(=O)OC(C)(C)C. The Balaban J connectivity index is 2.52. The summed E-state index contributed by atoms with van der Waals surface area (Å²) < 4.78 is 21.8. The van der Waals surface area contributed by atoms with Gasteiger partial charge in [0.1, 0.15) is 29.2 Å². The molecule has 0 aliphatic carbocycles. The molecule has 0 bridgehead atoms. The maximum absolute atomic E-state index is 13.4. The molecule has 44 heavy (non-hydrogen) atoms. The van der Waals surface area contributed by atoms with E-state index in [9.17, 15) is 24.3 Å². The van der Waals surface area contributed by atoms with Crippen LogP contribution in [0, 0.1) is 0 Å². The van der Waals surface area contributed by atoms with Crippen molar-refractivity contribution in [1.82, 2.24) is 9.80 Å². The molecule has 2 rings (SSSR count). The Morgan fingerprint density at radius 1 is 0.773 bits per heavy atom. The molecule has 0 heterocycles. The summed E-state index contributed by atoms with van der Waals surface area (Å²) in [6.45, 7) is 13.8. The fourth-order valence-corrected chi connectivity index (χ4v) is 3.40. The van der Waals surface area contributed by atoms with Gasteiger partial charge in [0.05, 0.1) is 6.54 Å². The van der Waals surface area contributed by atoms with Gasteiger partial charge in [0, 0.05) is 5.69 Å². The molecule has 13 heteroatoms. The normalized spacial score (nSPS) is 12.2. The van der Waals surface area contributed by atoms with E-state index >= 15 is 0 Å². The van der Waals surface area contributed by atoms with Crippen molar-refractivity contribution in [1.29, 1.82) is 0 Å². The fourth-order valence-electron chi connectivity index (χ4n) is 3.40. The molecular weight excluding hydrogens is 572 g/mol. The average Bonchev–Trinajstić information content (AvgIpc) is 2.83. The van der Waals surface area contributed by atoms with Crippen molar-refractivity contribution in [3.63, 3.8) is 0 Å². The summed E-state index contributed by atoms with van der Waals surface area (Å²) in [5, 5.41) is 10.2. The number of hydrogen-bond acceptors (Lipinski definition) is 9. The van der Waals surface area contributed by atoms with Crippen LogP contribution < -0.4 is 10.5 Å². The fraction of sp³-hybridized carbons (Fsp3) is 0.452. The molecule has 4 amide bonds. The molecule has 0 atom stereocenters. The van der Waals surface area contributed by atoms with Gasteiger partial charge in [0.2, 0.25) is 5.96 Å². The maximum atomic E-state index is 13.4. The number of rotatable bonds is 5. The third kappa shape index (κ3) is 12.2. The van der Waals surface area contributed by atoms with Gasteiger partial charge < -0.3 is 29.8 Å². The summed E-state index contributed by atoms with van der Waals surface area (Å²) in [5.74, 6) is -0.401. The van der Waals surface area contributed by atoms with Gasteiger partial charge in [-0.2, -0.15) is 0 Å². The first-order valence-electron chi connectivity index (χ1n) is 13.8. The number of carbonyl (C=O) groups is 4. The van der Waals surface area contributed by atoms with Crippen LogP contribution in [0.3, 0.4) is 0 Å². The van der Waals surface area contributed by atoms with Gasteiger partial charge in [-0.3, -0.25) is 0 Å². The number of carboxylic acid groups (broad SMARTS) is 1. The Kier molecular flexibility index (Phi) is 11.3. The van der Waals surface area contributed by atoms with Gasteiger partial charge in [-0.25, -0.2) is 24.1 Å². The van der Waals surface area contributed by atoms with Gasteiger partial charge in [-0.05, 0) is 97.7 Å². The van der Waals surface area contributed by atoms with Crippen molar-refractivity contribution >= 4 is 36.0 Å². The molecule has 0 fully saturated rings. The lowest BCUT2D eigenvalue weighted by atomic mass is 10.2. The summed E-state index contributed by atoms with van der Waals surface area (Å²) in [4.78, 5) is 56.7. The number of benzene rings is 2. The molecule has 0 spiro atoms. The van der Waals surface area contributed by atoms with E-state index in [-0.39, 0.29) is 11.5 Å². The third-order valence-electron chi connectivity index (χ3n) is 5.03. The number of aliphatic imine (C=N–C) groups is 1. The quantitative estimate of drug-likeness (QED) is 0.158. The lowest BCUT2D eigenvalue weighted by Crippen LogP contribution is -2.54. The summed E-state index contributed by atoms with van der Waals surface area (Å²) >= 11 is 0. The number of hydrogen-bond donors (Lipinski definition) is 2. The monoisotopic (exact) mass is 614 g/mol. The largest absolute Gasteiger partial charge is 0.489 e. The van der Waals surface area contributed by atoms with Gasteiger partial charge in [0.25, 0.3) is 0 Å². The van der Waals surface area contributed by atoms with Crippen molar-refractivity contribution in [2.45, 2.75) is 92.3 Å². The summed E-state index contributed by atoms with van der Waals surface area (Å²) in [6, 6.07) is 13.6. The number of nitrogens with two attached hydrogens (primary N) is 1. The van der Waals surface area contributed by atoms with Gasteiger partial charge >= 0.3 is 24.4 Å². The van der Waals surface area contributed by atoms with Crippen molar-refractivity contribution < 1.29 is 43.2 Å². The first kappa shape index (κ1) is 35.4. The molecule has 2 aromatic carbocycles. The van der Waals surface area contributed by atoms with Crippen LogP contribution in [0.5, 0.6) is 5.75 Å². The highest BCUT2D eigenvalue weighted by atomic mass is 16.6. The molecule has 240 valence electrons. The Morgan fingerprint density at radius 3 is 1.75 bits per heavy atom. The topological polar surface area (TPSA) is 170 Å². The van der Waals surface area contributed by atoms with E-state index in [0.717, 1.165) is 5.56 Å². The van der Waals surface area contributed by atoms with E-state index in [4.69, 9.17) is 24.7 Å². The minimum Gasteiger partial charge on any atom is -0.489 e.